The summed E-state index contributed by atoms with van der Waals surface area (Å²) in [6.07, 6.45) is 0. The van der Waals surface area contributed by atoms with Gasteiger partial charge in [0.2, 0.25) is 0 Å². The number of halogens is 2. The quantitative estimate of drug-likeness (QED) is 0.801. The molecule has 1 N–H and O–H groups in total. The Morgan fingerprint density at radius 1 is 1.62 bits per heavy atom. The van der Waals surface area contributed by atoms with Crippen molar-refractivity contribution in [3.63, 3.8) is 0 Å². The summed E-state index contributed by atoms with van der Waals surface area (Å²) in [5, 5.41) is 9.30. The first-order chi connectivity index (χ1) is 6.11. The summed E-state index contributed by atoms with van der Waals surface area (Å²) in [6, 6.07) is 1.28. The van der Waals surface area contributed by atoms with Crippen molar-refractivity contribution in [3.8, 4) is 5.75 Å². The van der Waals surface area contributed by atoms with Gasteiger partial charge in [0.25, 0.3) is 0 Å². The Labute approximate surface area is 80.9 Å². The fraction of sp³-hybridized carbons (Fsp3) is 0.333. The van der Waals surface area contributed by atoms with Gasteiger partial charge in [-0.15, -0.1) is 0 Å². The van der Waals surface area contributed by atoms with Crippen LogP contribution in [0.5, 0.6) is 5.75 Å². The predicted octanol–water partition coefficient (Wildman–Crippen LogP) is 2.29. The topological polar surface area (TPSA) is 29.5 Å². The SMILES string of the molecule is COc1c(F)cc(C)c(Cl)c1CO. The number of ether oxygens (including phenoxy) is 1. The van der Waals surface area contributed by atoms with Crippen molar-refractivity contribution in [2.45, 2.75) is 13.5 Å². The largest absolute Gasteiger partial charge is 0.493 e. The van der Waals surface area contributed by atoms with E-state index in [2.05, 4.69) is 0 Å². The van der Waals surface area contributed by atoms with E-state index in [0.717, 1.165) is 0 Å². The molecule has 0 saturated carbocycles. The molecule has 0 bridgehead atoms. The standard InChI is InChI=1S/C9H10ClFO2/c1-5-3-7(11)9(13-2)6(4-12)8(5)10/h3,12H,4H2,1-2H3. The van der Waals surface area contributed by atoms with Crippen molar-refractivity contribution in [1.29, 1.82) is 0 Å². The summed E-state index contributed by atoms with van der Waals surface area (Å²) >= 11 is 5.84. The number of methoxy groups -OCH3 is 1. The molecule has 0 spiro atoms. The molecule has 0 unspecified atom stereocenters. The van der Waals surface area contributed by atoms with Gasteiger partial charge in [-0.1, -0.05) is 11.6 Å². The maximum absolute atomic E-state index is 13.2. The summed E-state index contributed by atoms with van der Waals surface area (Å²) < 4.78 is 18.0. The van der Waals surface area contributed by atoms with Gasteiger partial charge < -0.3 is 9.84 Å². The summed E-state index contributed by atoms with van der Waals surface area (Å²) in [4.78, 5) is 0. The Morgan fingerprint density at radius 3 is 2.69 bits per heavy atom. The molecular formula is C9H10ClFO2. The molecule has 0 atom stereocenters. The molecule has 0 amide bonds. The molecule has 0 heterocycles. The average Bonchev–Trinajstić information content (AvgIpc) is 2.10. The minimum atomic E-state index is -0.506. The second-order valence-electron chi connectivity index (χ2n) is 2.66. The number of hydrogen-bond acceptors (Lipinski definition) is 2. The minimum Gasteiger partial charge on any atom is -0.493 e. The maximum atomic E-state index is 13.2. The second kappa shape index (κ2) is 3.94. The molecule has 0 aromatic heterocycles. The van der Waals surface area contributed by atoms with Gasteiger partial charge in [-0.25, -0.2) is 4.39 Å². The van der Waals surface area contributed by atoms with Crippen LogP contribution >= 0.6 is 11.6 Å². The van der Waals surface area contributed by atoms with E-state index in [0.29, 0.717) is 16.1 Å². The van der Waals surface area contributed by atoms with Crippen LogP contribution in [0.15, 0.2) is 6.07 Å². The van der Waals surface area contributed by atoms with Crippen LogP contribution in [0.4, 0.5) is 4.39 Å². The highest BCUT2D eigenvalue weighted by atomic mass is 35.5. The van der Waals surface area contributed by atoms with Crippen LogP contribution in [0.1, 0.15) is 11.1 Å². The highest BCUT2D eigenvalue weighted by molar-refractivity contribution is 6.32. The smallest absolute Gasteiger partial charge is 0.165 e. The number of hydrogen-bond donors (Lipinski definition) is 1. The molecule has 0 aliphatic heterocycles. The van der Waals surface area contributed by atoms with Gasteiger partial charge in [-0.2, -0.15) is 0 Å². The van der Waals surface area contributed by atoms with Crippen LogP contribution in [-0.2, 0) is 6.61 Å². The van der Waals surface area contributed by atoms with E-state index in [4.69, 9.17) is 21.4 Å². The fourth-order valence-corrected chi connectivity index (χ4v) is 1.36. The number of aliphatic hydroxyl groups excluding tert-OH is 1. The zero-order valence-corrected chi connectivity index (χ0v) is 8.15. The normalized spacial score (nSPS) is 10.2. The number of benzene rings is 1. The van der Waals surface area contributed by atoms with E-state index in [9.17, 15) is 4.39 Å². The van der Waals surface area contributed by atoms with E-state index in [1.165, 1.54) is 13.2 Å². The van der Waals surface area contributed by atoms with E-state index >= 15 is 0 Å². The molecule has 1 rings (SSSR count). The van der Waals surface area contributed by atoms with E-state index in [1.807, 2.05) is 0 Å². The van der Waals surface area contributed by atoms with Crippen LogP contribution in [0.3, 0.4) is 0 Å². The summed E-state index contributed by atoms with van der Waals surface area (Å²) in [7, 11) is 1.34. The van der Waals surface area contributed by atoms with Crippen molar-refractivity contribution >= 4 is 11.6 Å². The third-order valence-corrected chi connectivity index (χ3v) is 2.33. The molecule has 0 aliphatic rings. The molecule has 72 valence electrons. The first-order valence-electron chi connectivity index (χ1n) is 3.74. The van der Waals surface area contributed by atoms with Crippen molar-refractivity contribution in [2.75, 3.05) is 7.11 Å². The lowest BCUT2D eigenvalue weighted by Crippen LogP contribution is -1.98. The average molecular weight is 205 g/mol. The van der Waals surface area contributed by atoms with Gasteiger partial charge >= 0.3 is 0 Å². The third-order valence-electron chi connectivity index (χ3n) is 1.81. The van der Waals surface area contributed by atoms with Crippen LogP contribution < -0.4 is 4.74 Å². The van der Waals surface area contributed by atoms with Gasteiger partial charge in [0.15, 0.2) is 11.6 Å². The lowest BCUT2D eigenvalue weighted by Gasteiger charge is -2.11. The predicted molar refractivity (Wildman–Crippen MR) is 48.6 cm³/mol. The first-order valence-corrected chi connectivity index (χ1v) is 4.12. The van der Waals surface area contributed by atoms with E-state index in [-0.39, 0.29) is 12.4 Å². The minimum absolute atomic E-state index is 0.0121. The van der Waals surface area contributed by atoms with Crippen molar-refractivity contribution in [3.05, 3.63) is 28.0 Å². The third kappa shape index (κ3) is 1.76. The first kappa shape index (κ1) is 10.3. The van der Waals surface area contributed by atoms with Crippen molar-refractivity contribution < 1.29 is 14.2 Å². The Kier molecular flexibility index (Phi) is 3.12. The molecule has 1 aromatic rings. The van der Waals surface area contributed by atoms with Crippen LogP contribution in [-0.4, -0.2) is 12.2 Å². The van der Waals surface area contributed by atoms with Crippen LogP contribution in [0, 0.1) is 12.7 Å². The summed E-state index contributed by atoms with van der Waals surface area (Å²) in [5.74, 6) is -0.494. The fourth-order valence-electron chi connectivity index (χ4n) is 1.16. The van der Waals surface area contributed by atoms with E-state index in [1.54, 1.807) is 6.92 Å². The lowest BCUT2D eigenvalue weighted by molar-refractivity contribution is 0.271. The molecule has 4 heteroatoms. The second-order valence-corrected chi connectivity index (χ2v) is 3.04. The molecule has 13 heavy (non-hydrogen) atoms. The molecule has 1 aromatic carbocycles. The Hall–Kier alpha value is -0.800. The highest BCUT2D eigenvalue weighted by Crippen LogP contribution is 2.32. The molecule has 0 aliphatic carbocycles. The Morgan fingerprint density at radius 2 is 2.23 bits per heavy atom. The molecule has 2 nitrogen and oxygen atoms in total. The summed E-state index contributed by atoms with van der Waals surface area (Å²) in [5.41, 5.74) is 0.880. The number of aliphatic hydroxyl groups is 1. The van der Waals surface area contributed by atoms with Gasteiger partial charge in [0.05, 0.1) is 18.7 Å². The molecule has 0 fully saturated rings. The highest BCUT2D eigenvalue weighted by Gasteiger charge is 2.14. The monoisotopic (exact) mass is 204 g/mol. The zero-order chi connectivity index (χ0) is 10.0. The summed E-state index contributed by atoms with van der Waals surface area (Å²) in [6.45, 7) is 1.34. The van der Waals surface area contributed by atoms with Crippen LogP contribution in [0.25, 0.3) is 0 Å². The van der Waals surface area contributed by atoms with Gasteiger partial charge in [-0.05, 0) is 18.6 Å². The zero-order valence-electron chi connectivity index (χ0n) is 7.40. The number of aryl methyl sites for hydroxylation is 1. The molecule has 0 saturated heterocycles. The van der Waals surface area contributed by atoms with E-state index < -0.39 is 5.82 Å². The molecular weight excluding hydrogens is 195 g/mol. The lowest BCUT2D eigenvalue weighted by atomic mass is 10.1. The number of rotatable bonds is 2. The van der Waals surface area contributed by atoms with Gasteiger partial charge in [0, 0.05) is 5.56 Å². The van der Waals surface area contributed by atoms with Gasteiger partial charge in [0.1, 0.15) is 0 Å². The van der Waals surface area contributed by atoms with Crippen molar-refractivity contribution in [2.24, 2.45) is 0 Å². The van der Waals surface area contributed by atoms with Crippen LogP contribution in [0.2, 0.25) is 5.02 Å². The maximum Gasteiger partial charge on any atom is 0.165 e. The Balaban J connectivity index is 3.41. The van der Waals surface area contributed by atoms with Crippen molar-refractivity contribution in [1.82, 2.24) is 0 Å². The molecule has 0 radical (unpaired) electrons. The Bertz CT molecular complexity index is 326. The van der Waals surface area contributed by atoms with Gasteiger partial charge in [-0.3, -0.25) is 0 Å².